The van der Waals surface area contributed by atoms with Gasteiger partial charge in [0.15, 0.2) is 0 Å². The van der Waals surface area contributed by atoms with E-state index in [0.29, 0.717) is 22.5 Å². The highest BCUT2D eigenvalue weighted by atomic mass is 19.4. The molecule has 0 bridgehead atoms. The lowest BCUT2D eigenvalue weighted by Gasteiger charge is -2.31. The zero-order valence-corrected chi connectivity index (χ0v) is 18.7. The molecular weight excluding hydrogens is 447 g/mol. The van der Waals surface area contributed by atoms with E-state index in [-0.39, 0.29) is 24.3 Å². The van der Waals surface area contributed by atoms with Crippen LogP contribution in [-0.4, -0.2) is 63.9 Å². The van der Waals surface area contributed by atoms with Gasteiger partial charge in [0.25, 0.3) is 0 Å². The van der Waals surface area contributed by atoms with E-state index in [1.54, 1.807) is 6.07 Å². The molecule has 11 heteroatoms. The summed E-state index contributed by atoms with van der Waals surface area (Å²) < 4.78 is 41.5. The van der Waals surface area contributed by atoms with Crippen molar-refractivity contribution in [3.05, 3.63) is 30.1 Å². The van der Waals surface area contributed by atoms with Gasteiger partial charge in [-0.2, -0.15) is 13.2 Å². The van der Waals surface area contributed by atoms with Crippen LogP contribution < -0.4 is 15.5 Å². The van der Waals surface area contributed by atoms with Crippen molar-refractivity contribution in [2.45, 2.75) is 37.9 Å². The number of piperidine rings is 2. The number of aromatic amines is 1. The number of nitrogens with one attached hydrogen (secondary N) is 3. The molecule has 0 amide bonds. The average molecular weight is 476 g/mol. The van der Waals surface area contributed by atoms with Crippen molar-refractivity contribution >= 4 is 22.8 Å². The van der Waals surface area contributed by atoms with Crippen molar-refractivity contribution in [2.75, 3.05) is 43.0 Å². The molecule has 2 saturated heterocycles. The molecule has 0 aliphatic carbocycles. The Morgan fingerprint density at radius 3 is 2.68 bits per heavy atom. The van der Waals surface area contributed by atoms with Crippen LogP contribution in [0.15, 0.2) is 24.5 Å². The normalized spacial score (nSPS) is 20.1. The van der Waals surface area contributed by atoms with Crippen molar-refractivity contribution < 1.29 is 18.3 Å². The number of hydrogen-bond donors (Lipinski definition) is 4. The van der Waals surface area contributed by atoms with Crippen LogP contribution in [0.3, 0.4) is 0 Å². The van der Waals surface area contributed by atoms with Gasteiger partial charge in [0.05, 0.1) is 5.69 Å². The second kappa shape index (κ2) is 9.38. The molecule has 0 radical (unpaired) electrons. The Labute approximate surface area is 195 Å². The quantitative estimate of drug-likeness (QED) is 0.449. The predicted molar refractivity (Wildman–Crippen MR) is 124 cm³/mol. The highest BCUT2D eigenvalue weighted by molar-refractivity contribution is 5.94. The molecule has 2 aliphatic heterocycles. The number of halogens is 3. The molecule has 0 saturated carbocycles. The second-order valence-corrected chi connectivity index (χ2v) is 9.02. The first-order chi connectivity index (χ1) is 16.4. The molecule has 34 heavy (non-hydrogen) atoms. The van der Waals surface area contributed by atoms with Gasteiger partial charge in [-0.3, -0.25) is 0 Å². The summed E-state index contributed by atoms with van der Waals surface area (Å²) in [6.45, 7) is 3.41. The topological polar surface area (TPSA) is 102 Å². The van der Waals surface area contributed by atoms with Gasteiger partial charge in [-0.25, -0.2) is 15.0 Å². The van der Waals surface area contributed by atoms with Gasteiger partial charge in [-0.15, -0.1) is 0 Å². The number of alkyl halides is 3. The Kier molecular flexibility index (Phi) is 6.30. The van der Waals surface area contributed by atoms with Crippen molar-refractivity contribution in [3.8, 4) is 11.3 Å². The van der Waals surface area contributed by atoms with Crippen LogP contribution in [0.25, 0.3) is 22.3 Å². The zero-order chi connectivity index (χ0) is 23.7. The lowest BCUT2D eigenvalue weighted by Crippen LogP contribution is -2.38. The third-order valence-electron chi connectivity index (χ3n) is 6.70. The monoisotopic (exact) mass is 475 g/mol. The van der Waals surface area contributed by atoms with E-state index in [1.165, 1.54) is 6.20 Å². The predicted octanol–water partition coefficient (Wildman–Crippen LogP) is 3.41. The minimum atomic E-state index is -4.59. The number of nitrogens with zero attached hydrogens (tertiary/aromatic N) is 4. The van der Waals surface area contributed by atoms with Crippen LogP contribution >= 0.6 is 0 Å². The van der Waals surface area contributed by atoms with E-state index < -0.39 is 11.7 Å². The Hall–Kier alpha value is -2.92. The molecule has 0 spiro atoms. The molecule has 2 aliphatic rings. The second-order valence-electron chi connectivity index (χ2n) is 9.02. The van der Waals surface area contributed by atoms with E-state index in [2.05, 4.69) is 35.5 Å². The Morgan fingerprint density at radius 1 is 1.15 bits per heavy atom. The summed E-state index contributed by atoms with van der Waals surface area (Å²) in [7, 11) is 0. The molecule has 4 N–H and O–H groups in total. The van der Waals surface area contributed by atoms with E-state index >= 15 is 0 Å². The smallest absolute Gasteiger partial charge is 0.396 e. The summed E-state index contributed by atoms with van der Waals surface area (Å²) in [5.74, 6) is 1.26. The maximum absolute atomic E-state index is 13.8. The molecule has 2 fully saturated rings. The number of rotatable bonds is 5. The molecule has 5 heterocycles. The van der Waals surface area contributed by atoms with Gasteiger partial charge < -0.3 is 25.6 Å². The van der Waals surface area contributed by atoms with Crippen molar-refractivity contribution in [1.29, 1.82) is 0 Å². The summed E-state index contributed by atoms with van der Waals surface area (Å²) in [6.07, 6.45) is 1.45. The van der Waals surface area contributed by atoms with Crippen LogP contribution in [-0.2, 0) is 6.18 Å². The fourth-order valence-corrected chi connectivity index (χ4v) is 4.73. The van der Waals surface area contributed by atoms with Crippen molar-refractivity contribution in [2.24, 2.45) is 5.92 Å². The number of fused-ring (bicyclic) bond motifs is 1. The number of aliphatic hydroxyl groups excluding tert-OH is 1. The Bertz CT molecular complexity index is 1140. The Balaban J connectivity index is 1.47. The van der Waals surface area contributed by atoms with E-state index in [0.717, 1.165) is 63.9 Å². The lowest BCUT2D eigenvalue weighted by atomic mass is 9.98. The van der Waals surface area contributed by atoms with Crippen LogP contribution in [0, 0.1) is 5.92 Å². The fraction of sp³-hybridized carbons (Fsp3) is 0.522. The molecule has 0 aromatic carbocycles. The first kappa shape index (κ1) is 22.9. The molecule has 8 nitrogen and oxygen atoms in total. The lowest BCUT2D eigenvalue weighted by molar-refractivity contribution is -0.137. The van der Waals surface area contributed by atoms with Gasteiger partial charge in [0.2, 0.25) is 5.95 Å². The molecule has 1 unspecified atom stereocenters. The average Bonchev–Trinajstić information content (AvgIpc) is 3.27. The molecule has 3 aromatic rings. The highest BCUT2D eigenvalue weighted by Gasteiger charge is 2.36. The SMILES string of the molecule is OCC1CCN(c2ccc3c(-c4nc(NC5CCCNC5)ncc4C(F)(F)F)c[nH]c3n2)CC1. The molecule has 1 atom stereocenters. The number of aliphatic hydroxyl groups is 1. The minimum absolute atomic E-state index is 0.0699. The van der Waals surface area contributed by atoms with Gasteiger partial charge in [-0.05, 0) is 50.3 Å². The molecule has 5 rings (SSSR count). The largest absolute Gasteiger partial charge is 0.419 e. The fourth-order valence-electron chi connectivity index (χ4n) is 4.73. The van der Waals surface area contributed by atoms with E-state index in [4.69, 9.17) is 0 Å². The van der Waals surface area contributed by atoms with Crippen molar-refractivity contribution in [1.82, 2.24) is 25.3 Å². The van der Waals surface area contributed by atoms with Gasteiger partial charge >= 0.3 is 6.18 Å². The standard InChI is InChI=1S/C23H28F3N7O/c24-23(25,26)18-12-29-22(30-15-2-1-7-27-10-15)32-20(18)17-11-28-21-16(17)3-4-19(31-21)33-8-5-14(13-34)6-9-33/h3-4,11-12,14-15,27,34H,1-2,5-10,13H2,(H,28,31)(H,29,30,32). The summed E-state index contributed by atoms with van der Waals surface area (Å²) in [5, 5.41) is 16.4. The van der Waals surface area contributed by atoms with Crippen LogP contribution in [0.1, 0.15) is 31.2 Å². The van der Waals surface area contributed by atoms with Crippen LogP contribution in [0.5, 0.6) is 0 Å². The van der Waals surface area contributed by atoms with Gasteiger partial charge in [0.1, 0.15) is 17.0 Å². The maximum atomic E-state index is 13.8. The van der Waals surface area contributed by atoms with Crippen LogP contribution in [0.4, 0.5) is 24.9 Å². The molecular formula is C23H28F3N7O. The number of aromatic nitrogens is 4. The number of anilines is 2. The summed E-state index contributed by atoms with van der Waals surface area (Å²) in [6, 6.07) is 3.70. The van der Waals surface area contributed by atoms with Gasteiger partial charge in [0, 0.05) is 55.6 Å². The summed E-state index contributed by atoms with van der Waals surface area (Å²) in [4.78, 5) is 18.1. The minimum Gasteiger partial charge on any atom is -0.396 e. The maximum Gasteiger partial charge on any atom is 0.419 e. The summed E-state index contributed by atoms with van der Waals surface area (Å²) >= 11 is 0. The van der Waals surface area contributed by atoms with E-state index in [9.17, 15) is 18.3 Å². The van der Waals surface area contributed by atoms with Crippen LogP contribution in [0.2, 0.25) is 0 Å². The van der Waals surface area contributed by atoms with Crippen molar-refractivity contribution in [3.63, 3.8) is 0 Å². The third kappa shape index (κ3) is 4.67. The number of hydrogen-bond acceptors (Lipinski definition) is 7. The molecule has 182 valence electrons. The first-order valence-electron chi connectivity index (χ1n) is 11.7. The number of pyridine rings is 1. The summed E-state index contributed by atoms with van der Waals surface area (Å²) in [5.41, 5.74) is -0.198. The van der Waals surface area contributed by atoms with Gasteiger partial charge in [-0.1, -0.05) is 0 Å². The first-order valence-corrected chi connectivity index (χ1v) is 11.7. The van der Waals surface area contributed by atoms with E-state index in [1.807, 2.05) is 6.07 Å². The third-order valence-corrected chi connectivity index (χ3v) is 6.70. The number of H-pyrrole nitrogens is 1. The molecule has 3 aromatic heterocycles. The Morgan fingerprint density at radius 2 is 1.97 bits per heavy atom. The highest BCUT2D eigenvalue weighted by Crippen LogP contribution is 2.39. The zero-order valence-electron chi connectivity index (χ0n) is 18.7.